The second-order valence-corrected chi connectivity index (χ2v) is 3.96. The van der Waals surface area contributed by atoms with E-state index >= 15 is 0 Å². The number of hydrogen-bond acceptors (Lipinski definition) is 4. The van der Waals surface area contributed by atoms with E-state index in [9.17, 15) is 5.11 Å². The number of nitrogen functional groups attached to an aromatic ring is 1. The smallest absolute Gasteiger partial charge is 0.134 e. The minimum atomic E-state index is 0.114. The molecule has 0 spiro atoms. The first-order valence-electron chi connectivity index (χ1n) is 5.06. The van der Waals surface area contributed by atoms with Gasteiger partial charge in [-0.05, 0) is 18.2 Å². The largest absolute Gasteiger partial charge is 0.507 e. The number of nitrogens with zero attached hydrogens (tertiary/aromatic N) is 1. The van der Waals surface area contributed by atoms with Gasteiger partial charge in [-0.15, -0.1) is 0 Å². The first-order valence-corrected chi connectivity index (χ1v) is 5.44. The summed E-state index contributed by atoms with van der Waals surface area (Å²) in [7, 11) is 0. The van der Waals surface area contributed by atoms with Gasteiger partial charge in [0.15, 0.2) is 0 Å². The molecule has 1 aromatic heterocycles. The minimum Gasteiger partial charge on any atom is -0.507 e. The van der Waals surface area contributed by atoms with Crippen LogP contribution >= 0.6 is 11.6 Å². The SMILES string of the molecule is NCc1cc(N)c(-c2ccccc2O)nc1Cl. The van der Waals surface area contributed by atoms with Crippen LogP contribution in [-0.4, -0.2) is 10.1 Å². The van der Waals surface area contributed by atoms with Gasteiger partial charge in [-0.3, -0.25) is 0 Å². The molecule has 5 heteroatoms. The number of halogens is 1. The summed E-state index contributed by atoms with van der Waals surface area (Å²) in [4.78, 5) is 4.18. The molecule has 0 saturated carbocycles. The lowest BCUT2D eigenvalue weighted by Gasteiger charge is -2.09. The maximum Gasteiger partial charge on any atom is 0.134 e. The Bertz CT molecular complexity index is 557. The lowest BCUT2D eigenvalue weighted by Crippen LogP contribution is -2.02. The molecule has 4 nitrogen and oxygen atoms in total. The molecule has 2 aromatic rings. The van der Waals surface area contributed by atoms with Crippen molar-refractivity contribution in [3.8, 4) is 17.0 Å². The molecule has 0 atom stereocenters. The van der Waals surface area contributed by atoms with E-state index < -0.39 is 0 Å². The molecule has 88 valence electrons. The van der Waals surface area contributed by atoms with Crippen molar-refractivity contribution < 1.29 is 5.11 Å². The molecular formula is C12H12ClN3O. The van der Waals surface area contributed by atoms with Crippen molar-refractivity contribution in [2.75, 3.05) is 5.73 Å². The maximum atomic E-state index is 9.74. The number of nitrogens with two attached hydrogens (primary N) is 2. The average molecular weight is 250 g/mol. The number of aromatic hydroxyl groups is 1. The summed E-state index contributed by atoms with van der Waals surface area (Å²) in [6.45, 7) is 0.275. The molecule has 0 aliphatic heterocycles. The Morgan fingerprint density at radius 1 is 1.29 bits per heavy atom. The Kier molecular flexibility index (Phi) is 3.17. The lowest BCUT2D eigenvalue weighted by atomic mass is 10.1. The summed E-state index contributed by atoms with van der Waals surface area (Å²) in [6.07, 6.45) is 0. The number of phenols is 1. The van der Waals surface area contributed by atoms with Gasteiger partial charge in [0.2, 0.25) is 0 Å². The first kappa shape index (κ1) is 11.7. The quantitative estimate of drug-likeness (QED) is 0.712. The van der Waals surface area contributed by atoms with Crippen LogP contribution in [0.4, 0.5) is 5.69 Å². The summed E-state index contributed by atoms with van der Waals surface area (Å²) in [5.74, 6) is 0.114. The topological polar surface area (TPSA) is 85.2 Å². The van der Waals surface area contributed by atoms with Crippen LogP contribution in [0.15, 0.2) is 30.3 Å². The molecule has 0 saturated heterocycles. The predicted molar refractivity (Wildman–Crippen MR) is 68.7 cm³/mol. The van der Waals surface area contributed by atoms with E-state index in [-0.39, 0.29) is 12.3 Å². The van der Waals surface area contributed by atoms with Gasteiger partial charge in [-0.1, -0.05) is 23.7 Å². The highest BCUT2D eigenvalue weighted by Crippen LogP contribution is 2.33. The zero-order valence-electron chi connectivity index (χ0n) is 9.02. The molecule has 1 aromatic carbocycles. The number of anilines is 1. The number of phenolic OH excluding ortho intramolecular Hbond substituents is 1. The number of hydrogen-bond donors (Lipinski definition) is 3. The highest BCUT2D eigenvalue weighted by molar-refractivity contribution is 6.30. The zero-order valence-corrected chi connectivity index (χ0v) is 9.78. The van der Waals surface area contributed by atoms with Crippen molar-refractivity contribution in [3.05, 3.63) is 41.0 Å². The number of pyridine rings is 1. The van der Waals surface area contributed by atoms with E-state index in [1.165, 1.54) is 0 Å². The van der Waals surface area contributed by atoms with Crippen LogP contribution in [0, 0.1) is 0 Å². The highest BCUT2D eigenvalue weighted by Gasteiger charge is 2.12. The van der Waals surface area contributed by atoms with Gasteiger partial charge in [0.05, 0.1) is 11.4 Å². The molecule has 0 fully saturated rings. The van der Waals surface area contributed by atoms with Gasteiger partial charge in [-0.2, -0.15) is 0 Å². The van der Waals surface area contributed by atoms with Crippen molar-refractivity contribution in [1.82, 2.24) is 4.98 Å². The van der Waals surface area contributed by atoms with E-state index in [1.807, 2.05) is 0 Å². The summed E-state index contributed by atoms with van der Waals surface area (Å²) in [6, 6.07) is 8.50. The number of benzene rings is 1. The summed E-state index contributed by atoms with van der Waals surface area (Å²) < 4.78 is 0. The van der Waals surface area contributed by atoms with Crippen LogP contribution in [0.1, 0.15) is 5.56 Å². The molecule has 1 heterocycles. The number of aromatic nitrogens is 1. The normalized spacial score (nSPS) is 10.5. The minimum absolute atomic E-state index is 0.114. The Morgan fingerprint density at radius 2 is 2.00 bits per heavy atom. The number of rotatable bonds is 2. The Morgan fingerprint density at radius 3 is 2.65 bits per heavy atom. The van der Waals surface area contributed by atoms with Crippen LogP contribution in [0.2, 0.25) is 5.15 Å². The Hall–Kier alpha value is -1.78. The van der Waals surface area contributed by atoms with Crippen LogP contribution < -0.4 is 11.5 Å². The zero-order chi connectivity index (χ0) is 12.4. The van der Waals surface area contributed by atoms with E-state index in [2.05, 4.69) is 4.98 Å². The molecule has 0 radical (unpaired) electrons. The molecule has 2 rings (SSSR count). The lowest BCUT2D eigenvalue weighted by molar-refractivity contribution is 0.477. The number of para-hydroxylation sites is 1. The molecule has 17 heavy (non-hydrogen) atoms. The van der Waals surface area contributed by atoms with E-state index in [0.29, 0.717) is 27.7 Å². The molecular weight excluding hydrogens is 238 g/mol. The van der Waals surface area contributed by atoms with E-state index in [0.717, 1.165) is 0 Å². The fraction of sp³-hybridized carbons (Fsp3) is 0.0833. The molecule has 0 unspecified atom stereocenters. The highest BCUT2D eigenvalue weighted by atomic mass is 35.5. The van der Waals surface area contributed by atoms with Gasteiger partial charge in [0.1, 0.15) is 10.9 Å². The third kappa shape index (κ3) is 2.18. The fourth-order valence-electron chi connectivity index (χ4n) is 1.58. The van der Waals surface area contributed by atoms with Crippen molar-refractivity contribution >= 4 is 17.3 Å². The van der Waals surface area contributed by atoms with E-state index in [1.54, 1.807) is 30.3 Å². The van der Waals surface area contributed by atoms with Gasteiger partial charge in [0, 0.05) is 17.7 Å². The van der Waals surface area contributed by atoms with Crippen molar-refractivity contribution in [1.29, 1.82) is 0 Å². The van der Waals surface area contributed by atoms with Gasteiger partial charge in [0.25, 0.3) is 0 Å². The molecule has 0 bridgehead atoms. The average Bonchev–Trinajstić information content (AvgIpc) is 2.32. The second kappa shape index (κ2) is 4.61. The summed E-state index contributed by atoms with van der Waals surface area (Å²) >= 11 is 5.98. The van der Waals surface area contributed by atoms with Gasteiger partial charge in [-0.25, -0.2) is 4.98 Å². The molecule has 0 amide bonds. The molecule has 0 aliphatic carbocycles. The summed E-state index contributed by atoms with van der Waals surface area (Å²) in [5.41, 5.74) is 13.5. The Labute approximate surface area is 104 Å². The molecule has 0 aliphatic rings. The van der Waals surface area contributed by atoms with Crippen LogP contribution in [0.5, 0.6) is 5.75 Å². The maximum absolute atomic E-state index is 9.74. The predicted octanol–water partition coefficient (Wildman–Crippen LogP) is 2.15. The third-order valence-electron chi connectivity index (χ3n) is 2.46. The van der Waals surface area contributed by atoms with Crippen LogP contribution in [0.3, 0.4) is 0 Å². The fourth-order valence-corrected chi connectivity index (χ4v) is 1.80. The standard InChI is InChI=1S/C12H12ClN3O/c13-12-7(6-14)5-9(15)11(16-12)8-3-1-2-4-10(8)17/h1-5,17H,6,14-15H2. The third-order valence-corrected chi connectivity index (χ3v) is 2.78. The van der Waals surface area contributed by atoms with E-state index in [4.69, 9.17) is 23.1 Å². The van der Waals surface area contributed by atoms with Gasteiger partial charge < -0.3 is 16.6 Å². The first-order chi connectivity index (χ1) is 8.13. The van der Waals surface area contributed by atoms with Crippen LogP contribution in [-0.2, 0) is 6.54 Å². The Balaban J connectivity index is 2.61. The van der Waals surface area contributed by atoms with Gasteiger partial charge >= 0.3 is 0 Å². The van der Waals surface area contributed by atoms with Crippen molar-refractivity contribution in [2.24, 2.45) is 5.73 Å². The monoisotopic (exact) mass is 249 g/mol. The summed E-state index contributed by atoms with van der Waals surface area (Å²) in [5, 5.41) is 10.0. The van der Waals surface area contributed by atoms with Crippen molar-refractivity contribution in [2.45, 2.75) is 6.54 Å². The second-order valence-electron chi connectivity index (χ2n) is 3.60. The molecule has 5 N–H and O–H groups in total. The van der Waals surface area contributed by atoms with Crippen LogP contribution in [0.25, 0.3) is 11.3 Å². The van der Waals surface area contributed by atoms with Crippen molar-refractivity contribution in [3.63, 3.8) is 0 Å².